The highest BCUT2D eigenvalue weighted by Gasteiger charge is 2.14. The van der Waals surface area contributed by atoms with E-state index in [4.69, 9.17) is 10.5 Å². The minimum Gasteiger partial charge on any atom is -0.490 e. The van der Waals surface area contributed by atoms with Gasteiger partial charge in [0.25, 0.3) is 5.91 Å². The molecule has 0 bridgehead atoms. The predicted octanol–water partition coefficient (Wildman–Crippen LogP) is 1.28. The summed E-state index contributed by atoms with van der Waals surface area (Å²) in [6, 6.07) is 4.34. The lowest BCUT2D eigenvalue weighted by molar-refractivity contribution is -0.385. The SMILES string of the molecule is COc1ccc(C=NNC(=O)CSc2nnc(N)s2)cc1[N+](=O)[O-]. The first-order chi connectivity index (χ1) is 11.5. The molecule has 126 valence electrons. The first kappa shape index (κ1) is 17.6. The van der Waals surface area contributed by atoms with E-state index in [-0.39, 0.29) is 23.1 Å². The lowest BCUT2D eigenvalue weighted by Gasteiger charge is -2.02. The molecular weight excluding hydrogens is 356 g/mol. The summed E-state index contributed by atoms with van der Waals surface area (Å²) in [5.41, 5.74) is 8.02. The van der Waals surface area contributed by atoms with E-state index in [9.17, 15) is 14.9 Å². The number of nitro benzene ring substituents is 1. The number of benzene rings is 1. The lowest BCUT2D eigenvalue weighted by atomic mass is 10.2. The minimum atomic E-state index is -0.556. The zero-order valence-electron chi connectivity index (χ0n) is 12.3. The Morgan fingerprint density at radius 2 is 2.38 bits per heavy atom. The Hall–Kier alpha value is -2.73. The zero-order chi connectivity index (χ0) is 17.5. The fraction of sp³-hybridized carbons (Fsp3) is 0.167. The molecule has 1 aromatic carbocycles. The van der Waals surface area contributed by atoms with Gasteiger partial charge in [-0.05, 0) is 12.1 Å². The highest BCUT2D eigenvalue weighted by Crippen LogP contribution is 2.26. The summed E-state index contributed by atoms with van der Waals surface area (Å²) in [7, 11) is 1.35. The maximum absolute atomic E-state index is 11.6. The van der Waals surface area contributed by atoms with Crippen molar-refractivity contribution < 1.29 is 14.5 Å². The summed E-state index contributed by atoms with van der Waals surface area (Å²) >= 11 is 2.36. The van der Waals surface area contributed by atoms with E-state index < -0.39 is 4.92 Å². The van der Waals surface area contributed by atoms with Gasteiger partial charge in [0.15, 0.2) is 10.1 Å². The second-order valence-corrected chi connectivity index (χ2v) is 6.41. The maximum Gasteiger partial charge on any atom is 0.311 e. The number of nitrogens with one attached hydrogen (secondary N) is 1. The van der Waals surface area contributed by atoms with E-state index in [1.165, 1.54) is 48.6 Å². The Bertz CT molecular complexity index is 779. The largest absolute Gasteiger partial charge is 0.490 e. The van der Waals surface area contributed by atoms with Crippen LogP contribution in [0.15, 0.2) is 27.6 Å². The number of nitro groups is 1. The Labute approximate surface area is 144 Å². The van der Waals surface area contributed by atoms with Crippen molar-refractivity contribution in [3.8, 4) is 5.75 Å². The molecule has 1 amide bonds. The fourth-order valence-electron chi connectivity index (χ4n) is 1.55. The number of hydrazone groups is 1. The van der Waals surface area contributed by atoms with Crippen molar-refractivity contribution >= 4 is 46.0 Å². The van der Waals surface area contributed by atoms with Crippen LogP contribution in [0.3, 0.4) is 0 Å². The molecule has 2 aromatic rings. The fourth-order valence-corrected chi connectivity index (χ4v) is 2.98. The van der Waals surface area contributed by atoms with Crippen LogP contribution in [0.2, 0.25) is 0 Å². The normalized spacial score (nSPS) is 10.7. The number of amides is 1. The molecule has 0 radical (unpaired) electrons. The number of hydrogen-bond donors (Lipinski definition) is 2. The molecule has 12 heteroatoms. The molecule has 0 fully saturated rings. The Morgan fingerprint density at radius 3 is 3.00 bits per heavy atom. The molecule has 1 heterocycles. The van der Waals surface area contributed by atoms with Gasteiger partial charge in [0.2, 0.25) is 5.13 Å². The number of carbonyl (C=O) groups excluding carboxylic acids is 1. The number of carbonyl (C=O) groups is 1. The molecule has 0 aliphatic carbocycles. The Balaban J connectivity index is 1.90. The van der Waals surface area contributed by atoms with Gasteiger partial charge in [-0.1, -0.05) is 23.1 Å². The van der Waals surface area contributed by atoms with Crippen molar-refractivity contribution in [2.24, 2.45) is 5.10 Å². The van der Waals surface area contributed by atoms with Crippen molar-refractivity contribution in [2.75, 3.05) is 18.6 Å². The molecule has 0 unspecified atom stereocenters. The Kier molecular flexibility index (Phi) is 6.03. The van der Waals surface area contributed by atoms with Gasteiger partial charge in [0, 0.05) is 11.6 Å². The molecule has 3 N–H and O–H groups in total. The number of anilines is 1. The first-order valence-corrected chi connectivity index (χ1v) is 8.16. The third-order valence-electron chi connectivity index (χ3n) is 2.55. The smallest absolute Gasteiger partial charge is 0.311 e. The summed E-state index contributed by atoms with van der Waals surface area (Å²) in [6.07, 6.45) is 1.30. The van der Waals surface area contributed by atoms with Crippen molar-refractivity contribution in [1.82, 2.24) is 15.6 Å². The van der Waals surface area contributed by atoms with Crippen LogP contribution in [0.5, 0.6) is 5.75 Å². The molecule has 0 saturated heterocycles. The molecule has 1 aromatic heterocycles. The lowest BCUT2D eigenvalue weighted by Crippen LogP contribution is -2.19. The van der Waals surface area contributed by atoms with Gasteiger partial charge < -0.3 is 10.5 Å². The van der Waals surface area contributed by atoms with Crippen LogP contribution in [-0.4, -0.2) is 40.1 Å². The summed E-state index contributed by atoms with van der Waals surface area (Å²) in [5, 5.41) is 22.4. The average Bonchev–Trinajstić information content (AvgIpc) is 2.98. The van der Waals surface area contributed by atoms with Crippen LogP contribution < -0.4 is 15.9 Å². The number of nitrogens with zero attached hydrogens (tertiary/aromatic N) is 4. The van der Waals surface area contributed by atoms with Gasteiger partial charge >= 0.3 is 5.69 Å². The number of rotatable bonds is 7. The summed E-state index contributed by atoms with van der Waals surface area (Å²) in [6.45, 7) is 0. The second-order valence-electron chi connectivity index (χ2n) is 4.18. The van der Waals surface area contributed by atoms with Gasteiger partial charge in [0.05, 0.1) is 24.0 Å². The molecule has 0 spiro atoms. The second kappa shape index (κ2) is 8.21. The molecule has 0 saturated carbocycles. The summed E-state index contributed by atoms with van der Waals surface area (Å²) < 4.78 is 5.48. The third-order valence-corrected chi connectivity index (χ3v) is 4.44. The topological polar surface area (TPSA) is 146 Å². The van der Waals surface area contributed by atoms with Gasteiger partial charge in [-0.15, -0.1) is 10.2 Å². The van der Waals surface area contributed by atoms with Gasteiger partial charge in [-0.3, -0.25) is 14.9 Å². The maximum atomic E-state index is 11.6. The van der Waals surface area contributed by atoms with Crippen molar-refractivity contribution in [3.05, 3.63) is 33.9 Å². The number of methoxy groups -OCH3 is 1. The molecule has 0 aliphatic heterocycles. The molecule has 24 heavy (non-hydrogen) atoms. The van der Waals surface area contributed by atoms with E-state index >= 15 is 0 Å². The molecule has 2 rings (SSSR count). The van der Waals surface area contributed by atoms with E-state index in [0.717, 1.165) is 0 Å². The van der Waals surface area contributed by atoms with E-state index in [2.05, 4.69) is 20.7 Å². The number of hydrogen-bond acceptors (Lipinski definition) is 10. The standard InChI is InChI=1S/C12H12N6O4S2/c1-22-9-3-2-7(4-8(9)18(20)21)5-14-15-10(19)6-23-12-17-16-11(13)24-12/h2-5H,6H2,1H3,(H2,13,16)(H,15,19). The summed E-state index contributed by atoms with van der Waals surface area (Å²) in [4.78, 5) is 22.0. The van der Waals surface area contributed by atoms with Crippen LogP contribution in [0.25, 0.3) is 0 Å². The number of nitrogen functional groups attached to an aromatic ring is 1. The van der Waals surface area contributed by atoms with Gasteiger partial charge in [-0.2, -0.15) is 5.10 Å². The zero-order valence-corrected chi connectivity index (χ0v) is 14.0. The van der Waals surface area contributed by atoms with Crippen LogP contribution in [0.4, 0.5) is 10.8 Å². The molecular formula is C12H12N6O4S2. The van der Waals surface area contributed by atoms with Crippen molar-refractivity contribution in [1.29, 1.82) is 0 Å². The number of aromatic nitrogens is 2. The number of thioether (sulfide) groups is 1. The van der Waals surface area contributed by atoms with Gasteiger partial charge in [0.1, 0.15) is 0 Å². The molecule has 0 aliphatic rings. The Morgan fingerprint density at radius 1 is 1.58 bits per heavy atom. The highest BCUT2D eigenvalue weighted by molar-refractivity contribution is 8.01. The quantitative estimate of drug-likeness (QED) is 0.322. The highest BCUT2D eigenvalue weighted by atomic mass is 32.2. The predicted molar refractivity (Wildman–Crippen MR) is 90.4 cm³/mol. The molecule has 10 nitrogen and oxygen atoms in total. The average molecular weight is 368 g/mol. The van der Waals surface area contributed by atoms with Crippen molar-refractivity contribution in [2.45, 2.75) is 4.34 Å². The molecule has 0 atom stereocenters. The van der Waals surface area contributed by atoms with Crippen LogP contribution in [-0.2, 0) is 4.79 Å². The van der Waals surface area contributed by atoms with E-state index in [1.54, 1.807) is 6.07 Å². The first-order valence-electron chi connectivity index (χ1n) is 6.35. The number of ether oxygens (including phenoxy) is 1. The minimum absolute atomic E-state index is 0.0920. The monoisotopic (exact) mass is 368 g/mol. The number of nitrogens with two attached hydrogens (primary N) is 1. The van der Waals surface area contributed by atoms with Crippen LogP contribution >= 0.6 is 23.1 Å². The summed E-state index contributed by atoms with van der Waals surface area (Å²) in [5.74, 6) is -0.115. The van der Waals surface area contributed by atoms with Crippen LogP contribution in [0, 0.1) is 10.1 Å². The van der Waals surface area contributed by atoms with Crippen molar-refractivity contribution in [3.63, 3.8) is 0 Å². The van der Waals surface area contributed by atoms with Gasteiger partial charge in [-0.25, -0.2) is 5.43 Å². The van der Waals surface area contributed by atoms with E-state index in [0.29, 0.717) is 15.0 Å². The van der Waals surface area contributed by atoms with Crippen LogP contribution in [0.1, 0.15) is 5.56 Å². The van der Waals surface area contributed by atoms with E-state index in [1.807, 2.05) is 0 Å². The third kappa shape index (κ3) is 4.89.